The van der Waals surface area contributed by atoms with Crippen molar-refractivity contribution in [2.75, 3.05) is 30.8 Å². The van der Waals surface area contributed by atoms with Crippen molar-refractivity contribution in [3.05, 3.63) is 18.2 Å². The Morgan fingerprint density at radius 1 is 1.33 bits per heavy atom. The van der Waals surface area contributed by atoms with Gasteiger partial charge in [0.1, 0.15) is 5.75 Å². The Morgan fingerprint density at radius 2 is 2.14 bits per heavy atom. The van der Waals surface area contributed by atoms with Crippen molar-refractivity contribution in [2.45, 2.75) is 19.8 Å². The first-order valence-electron chi connectivity index (χ1n) is 7.07. The average molecular weight is 291 g/mol. The van der Waals surface area contributed by atoms with E-state index in [1.807, 2.05) is 0 Å². The second kappa shape index (κ2) is 7.08. The fourth-order valence-electron chi connectivity index (χ4n) is 2.39. The lowest BCUT2D eigenvalue weighted by atomic mass is 9.99. The minimum Gasteiger partial charge on any atom is -0.495 e. The van der Waals surface area contributed by atoms with Crippen molar-refractivity contribution in [1.29, 1.82) is 0 Å². The largest absolute Gasteiger partial charge is 0.495 e. The molecule has 1 aliphatic heterocycles. The minimum absolute atomic E-state index is 0.00106. The van der Waals surface area contributed by atoms with Gasteiger partial charge in [0, 0.05) is 19.2 Å². The Balaban J connectivity index is 2.08. The molecule has 1 saturated heterocycles. The highest BCUT2D eigenvalue weighted by molar-refractivity contribution is 5.95. The molecule has 1 aromatic carbocycles. The van der Waals surface area contributed by atoms with Crippen molar-refractivity contribution in [2.24, 2.45) is 5.92 Å². The molecule has 1 unspecified atom stereocenters. The number of amides is 2. The third kappa shape index (κ3) is 4.19. The topological polar surface area (TPSA) is 79.5 Å². The molecule has 6 nitrogen and oxygen atoms in total. The summed E-state index contributed by atoms with van der Waals surface area (Å²) >= 11 is 0. The van der Waals surface area contributed by atoms with E-state index in [2.05, 4.69) is 16.0 Å². The monoisotopic (exact) mass is 291 g/mol. The fraction of sp³-hybridized carbons (Fsp3) is 0.467. The summed E-state index contributed by atoms with van der Waals surface area (Å²) in [6, 6.07) is 5.19. The Bertz CT molecular complexity index is 525. The van der Waals surface area contributed by atoms with Gasteiger partial charge < -0.3 is 20.7 Å². The minimum atomic E-state index is -0.187. The number of hydrogen-bond donors (Lipinski definition) is 3. The summed E-state index contributed by atoms with van der Waals surface area (Å²) in [5.41, 5.74) is 1.19. The molecule has 1 atom stereocenters. The quantitative estimate of drug-likeness (QED) is 0.787. The van der Waals surface area contributed by atoms with Gasteiger partial charge in [0.25, 0.3) is 0 Å². The first-order chi connectivity index (χ1) is 10.1. The van der Waals surface area contributed by atoms with Crippen molar-refractivity contribution in [1.82, 2.24) is 5.32 Å². The molecular weight excluding hydrogens is 270 g/mol. The number of carbonyl (C=O) groups excluding carboxylic acids is 2. The van der Waals surface area contributed by atoms with Crippen molar-refractivity contribution >= 4 is 23.2 Å². The second-order valence-corrected chi connectivity index (χ2v) is 5.13. The predicted octanol–water partition coefficient (Wildman–Crippen LogP) is 1.59. The highest BCUT2D eigenvalue weighted by atomic mass is 16.5. The van der Waals surface area contributed by atoms with E-state index >= 15 is 0 Å². The number of carbonyl (C=O) groups is 2. The van der Waals surface area contributed by atoms with Crippen molar-refractivity contribution in [3.63, 3.8) is 0 Å². The maximum atomic E-state index is 12.2. The molecule has 0 aromatic heterocycles. The van der Waals surface area contributed by atoms with E-state index in [9.17, 15) is 9.59 Å². The second-order valence-electron chi connectivity index (χ2n) is 5.13. The normalized spacial score (nSPS) is 17.9. The molecule has 21 heavy (non-hydrogen) atoms. The van der Waals surface area contributed by atoms with E-state index < -0.39 is 0 Å². The zero-order valence-electron chi connectivity index (χ0n) is 12.4. The van der Waals surface area contributed by atoms with Crippen LogP contribution in [0.25, 0.3) is 0 Å². The van der Waals surface area contributed by atoms with Gasteiger partial charge in [-0.1, -0.05) is 0 Å². The molecule has 6 heteroatoms. The molecular formula is C15H21N3O3. The number of nitrogens with one attached hydrogen (secondary N) is 3. The van der Waals surface area contributed by atoms with E-state index in [0.717, 1.165) is 19.4 Å². The predicted molar refractivity (Wildman–Crippen MR) is 81.5 cm³/mol. The van der Waals surface area contributed by atoms with Crippen LogP contribution in [0.5, 0.6) is 5.75 Å². The van der Waals surface area contributed by atoms with Crippen LogP contribution in [-0.2, 0) is 9.59 Å². The van der Waals surface area contributed by atoms with Crippen LogP contribution < -0.4 is 20.7 Å². The molecule has 0 radical (unpaired) electrons. The summed E-state index contributed by atoms with van der Waals surface area (Å²) in [6.45, 7) is 3.11. The van der Waals surface area contributed by atoms with Gasteiger partial charge in [-0.2, -0.15) is 0 Å². The molecule has 0 saturated carbocycles. The van der Waals surface area contributed by atoms with E-state index in [1.165, 1.54) is 14.0 Å². The third-order valence-corrected chi connectivity index (χ3v) is 3.45. The van der Waals surface area contributed by atoms with Crippen LogP contribution in [0.1, 0.15) is 19.8 Å². The molecule has 0 aliphatic carbocycles. The zero-order chi connectivity index (χ0) is 15.2. The maximum Gasteiger partial charge on any atom is 0.228 e. The summed E-state index contributed by atoms with van der Waals surface area (Å²) in [6.07, 6.45) is 1.91. The van der Waals surface area contributed by atoms with Gasteiger partial charge in [0.05, 0.1) is 18.7 Å². The number of piperidine rings is 1. The van der Waals surface area contributed by atoms with Gasteiger partial charge >= 0.3 is 0 Å². The Morgan fingerprint density at radius 3 is 2.76 bits per heavy atom. The Hall–Kier alpha value is -2.08. The Labute approximate surface area is 124 Å². The molecule has 0 bridgehead atoms. The van der Waals surface area contributed by atoms with E-state index in [0.29, 0.717) is 23.7 Å². The van der Waals surface area contributed by atoms with E-state index in [-0.39, 0.29) is 17.7 Å². The highest BCUT2D eigenvalue weighted by Crippen LogP contribution is 2.28. The van der Waals surface area contributed by atoms with Crippen LogP contribution >= 0.6 is 0 Å². The lowest BCUT2D eigenvalue weighted by Crippen LogP contribution is -2.37. The van der Waals surface area contributed by atoms with Gasteiger partial charge in [-0.3, -0.25) is 9.59 Å². The molecule has 1 heterocycles. The van der Waals surface area contributed by atoms with Crippen LogP contribution in [-0.4, -0.2) is 32.0 Å². The first-order valence-corrected chi connectivity index (χ1v) is 7.07. The smallest absolute Gasteiger partial charge is 0.228 e. The van der Waals surface area contributed by atoms with Crippen LogP contribution in [0.4, 0.5) is 11.4 Å². The number of ether oxygens (including phenoxy) is 1. The molecule has 1 fully saturated rings. The molecule has 2 amide bonds. The first kappa shape index (κ1) is 15.3. The summed E-state index contributed by atoms with van der Waals surface area (Å²) in [5.74, 6) is 0.363. The lowest BCUT2D eigenvalue weighted by molar-refractivity contribution is -0.120. The van der Waals surface area contributed by atoms with Gasteiger partial charge in [-0.25, -0.2) is 0 Å². The summed E-state index contributed by atoms with van der Waals surface area (Å²) in [4.78, 5) is 23.4. The molecule has 0 spiro atoms. The number of anilines is 2. The Kier molecular flexibility index (Phi) is 5.16. The standard InChI is InChI=1S/C15H21N3O3/c1-10(19)17-13-8-12(5-6-14(13)21-2)18-15(20)11-4-3-7-16-9-11/h5-6,8,11,16H,3-4,7,9H2,1-2H3,(H,17,19)(H,18,20). The van der Waals surface area contributed by atoms with Crippen molar-refractivity contribution in [3.8, 4) is 5.75 Å². The van der Waals surface area contributed by atoms with E-state index in [1.54, 1.807) is 18.2 Å². The third-order valence-electron chi connectivity index (χ3n) is 3.45. The van der Waals surface area contributed by atoms with Gasteiger partial charge in [-0.15, -0.1) is 0 Å². The van der Waals surface area contributed by atoms with Gasteiger partial charge in [-0.05, 0) is 37.6 Å². The number of methoxy groups -OCH3 is 1. The van der Waals surface area contributed by atoms with Crippen LogP contribution in [0, 0.1) is 5.92 Å². The maximum absolute atomic E-state index is 12.2. The molecule has 1 aliphatic rings. The number of benzene rings is 1. The average Bonchev–Trinajstić information content (AvgIpc) is 2.48. The molecule has 114 valence electrons. The van der Waals surface area contributed by atoms with Crippen molar-refractivity contribution < 1.29 is 14.3 Å². The lowest BCUT2D eigenvalue weighted by Gasteiger charge is -2.22. The van der Waals surface area contributed by atoms with Gasteiger partial charge in [0.15, 0.2) is 0 Å². The molecule has 3 N–H and O–H groups in total. The molecule has 1 aromatic rings. The van der Waals surface area contributed by atoms with Gasteiger partial charge in [0.2, 0.25) is 11.8 Å². The summed E-state index contributed by atoms with van der Waals surface area (Å²) in [7, 11) is 1.53. The summed E-state index contributed by atoms with van der Waals surface area (Å²) < 4.78 is 5.19. The number of rotatable bonds is 4. The molecule has 2 rings (SSSR count). The van der Waals surface area contributed by atoms with Crippen LogP contribution in [0.15, 0.2) is 18.2 Å². The highest BCUT2D eigenvalue weighted by Gasteiger charge is 2.21. The van der Waals surface area contributed by atoms with Crippen LogP contribution in [0.2, 0.25) is 0 Å². The zero-order valence-corrected chi connectivity index (χ0v) is 12.4. The van der Waals surface area contributed by atoms with E-state index in [4.69, 9.17) is 4.74 Å². The van der Waals surface area contributed by atoms with Crippen LogP contribution in [0.3, 0.4) is 0 Å². The fourth-order valence-corrected chi connectivity index (χ4v) is 2.39. The SMILES string of the molecule is COc1ccc(NC(=O)C2CCCNC2)cc1NC(C)=O. The summed E-state index contributed by atoms with van der Waals surface area (Å²) in [5, 5.41) is 8.80. The number of hydrogen-bond acceptors (Lipinski definition) is 4.